The molecule has 7 nitrogen and oxygen atoms in total. The van der Waals surface area contributed by atoms with Crippen LogP contribution < -0.4 is 14.8 Å². The van der Waals surface area contributed by atoms with Gasteiger partial charge in [0.1, 0.15) is 11.9 Å². The van der Waals surface area contributed by atoms with Crippen molar-refractivity contribution in [2.75, 3.05) is 25.0 Å². The number of hydrogen-bond donors (Lipinski definition) is 1. The van der Waals surface area contributed by atoms with Gasteiger partial charge in [-0.25, -0.2) is 4.79 Å². The van der Waals surface area contributed by atoms with Crippen molar-refractivity contribution in [2.24, 2.45) is 0 Å². The van der Waals surface area contributed by atoms with Gasteiger partial charge in [0.05, 0.1) is 24.5 Å². The molecule has 2 heterocycles. The highest BCUT2D eigenvalue weighted by Crippen LogP contribution is 2.25. The lowest BCUT2D eigenvalue weighted by Gasteiger charge is -2.19. The van der Waals surface area contributed by atoms with E-state index in [1.807, 2.05) is 44.2 Å². The summed E-state index contributed by atoms with van der Waals surface area (Å²) in [7, 11) is 0. The van der Waals surface area contributed by atoms with E-state index in [2.05, 4.69) is 15.5 Å². The van der Waals surface area contributed by atoms with Crippen LogP contribution in [-0.2, 0) is 0 Å². The third-order valence-electron chi connectivity index (χ3n) is 3.92. The van der Waals surface area contributed by atoms with Crippen LogP contribution in [0.4, 0.5) is 10.5 Å². The zero-order valence-corrected chi connectivity index (χ0v) is 14.4. The van der Waals surface area contributed by atoms with E-state index < -0.39 is 0 Å². The largest absolute Gasteiger partial charge is 0.492 e. The van der Waals surface area contributed by atoms with E-state index in [4.69, 9.17) is 9.47 Å². The number of ether oxygens (including phenoxy) is 2. The first-order valence-corrected chi connectivity index (χ1v) is 8.40. The van der Waals surface area contributed by atoms with E-state index in [1.165, 1.54) is 0 Å². The fourth-order valence-electron chi connectivity index (χ4n) is 2.67. The maximum atomic E-state index is 12.5. The molecule has 1 fully saturated rings. The second kappa shape index (κ2) is 7.83. The van der Waals surface area contributed by atoms with Crippen LogP contribution in [0.2, 0.25) is 0 Å². The Morgan fingerprint density at radius 1 is 1.28 bits per heavy atom. The SMILES string of the molecule is CCOc1ccccc1NC(=O)N1CCC(Oc2ccc(C)nn2)C1. The number of urea groups is 1. The lowest BCUT2D eigenvalue weighted by atomic mass is 10.3. The number of anilines is 1. The molecule has 2 aromatic rings. The van der Waals surface area contributed by atoms with Gasteiger partial charge in [-0.15, -0.1) is 5.10 Å². The Morgan fingerprint density at radius 3 is 2.88 bits per heavy atom. The maximum Gasteiger partial charge on any atom is 0.322 e. The fraction of sp³-hybridized carbons (Fsp3) is 0.389. The Morgan fingerprint density at radius 2 is 2.12 bits per heavy atom. The molecule has 1 aliphatic heterocycles. The number of hydrogen-bond acceptors (Lipinski definition) is 5. The molecular formula is C18H22N4O3. The van der Waals surface area contributed by atoms with Gasteiger partial charge in [0.2, 0.25) is 5.88 Å². The van der Waals surface area contributed by atoms with Crippen LogP contribution in [0.3, 0.4) is 0 Å². The van der Waals surface area contributed by atoms with Gasteiger partial charge >= 0.3 is 6.03 Å². The van der Waals surface area contributed by atoms with Crippen molar-refractivity contribution < 1.29 is 14.3 Å². The first-order chi connectivity index (χ1) is 12.2. The minimum atomic E-state index is -0.159. The van der Waals surface area contributed by atoms with Crippen LogP contribution in [0.5, 0.6) is 11.6 Å². The summed E-state index contributed by atoms with van der Waals surface area (Å²) in [6.45, 7) is 5.47. The molecule has 1 unspecified atom stereocenters. The molecule has 1 atom stereocenters. The number of rotatable bonds is 5. The van der Waals surface area contributed by atoms with Gasteiger partial charge in [0.15, 0.2) is 0 Å². The molecule has 0 radical (unpaired) electrons. The molecule has 1 N–H and O–H groups in total. The van der Waals surface area contributed by atoms with Crippen molar-refractivity contribution in [1.29, 1.82) is 0 Å². The van der Waals surface area contributed by atoms with Gasteiger partial charge in [-0.2, -0.15) is 5.10 Å². The number of carbonyl (C=O) groups is 1. The van der Waals surface area contributed by atoms with Crippen LogP contribution in [0.15, 0.2) is 36.4 Å². The number of para-hydroxylation sites is 2. The normalized spacial score (nSPS) is 16.6. The number of aromatic nitrogens is 2. The predicted octanol–water partition coefficient (Wildman–Crippen LogP) is 2.87. The summed E-state index contributed by atoms with van der Waals surface area (Å²) in [4.78, 5) is 14.2. The van der Waals surface area contributed by atoms with Gasteiger partial charge in [0.25, 0.3) is 0 Å². The maximum absolute atomic E-state index is 12.5. The highest BCUT2D eigenvalue weighted by Gasteiger charge is 2.28. The average molecular weight is 342 g/mol. The minimum Gasteiger partial charge on any atom is -0.492 e. The summed E-state index contributed by atoms with van der Waals surface area (Å²) in [6.07, 6.45) is 0.681. The molecule has 1 aromatic carbocycles. The summed E-state index contributed by atoms with van der Waals surface area (Å²) >= 11 is 0. The Hall–Kier alpha value is -2.83. The summed E-state index contributed by atoms with van der Waals surface area (Å²) < 4.78 is 11.3. The third kappa shape index (κ3) is 4.37. The van der Waals surface area contributed by atoms with Crippen LogP contribution in [0, 0.1) is 6.92 Å². The first-order valence-electron chi connectivity index (χ1n) is 8.40. The monoisotopic (exact) mass is 342 g/mol. The van der Waals surface area contributed by atoms with E-state index >= 15 is 0 Å². The van der Waals surface area contributed by atoms with Crippen molar-refractivity contribution in [3.05, 3.63) is 42.1 Å². The molecule has 0 aliphatic carbocycles. The molecule has 25 heavy (non-hydrogen) atoms. The molecule has 0 saturated carbocycles. The van der Waals surface area contributed by atoms with Gasteiger partial charge in [0, 0.05) is 19.0 Å². The van der Waals surface area contributed by atoms with Crippen LogP contribution in [0.1, 0.15) is 19.0 Å². The highest BCUT2D eigenvalue weighted by molar-refractivity contribution is 5.91. The van der Waals surface area contributed by atoms with Crippen molar-refractivity contribution >= 4 is 11.7 Å². The lowest BCUT2D eigenvalue weighted by Crippen LogP contribution is -2.34. The molecule has 3 rings (SSSR count). The zero-order chi connectivity index (χ0) is 17.6. The van der Waals surface area contributed by atoms with Crippen molar-refractivity contribution in [3.8, 4) is 11.6 Å². The lowest BCUT2D eigenvalue weighted by molar-refractivity contribution is 0.188. The second-order valence-corrected chi connectivity index (χ2v) is 5.85. The van der Waals surface area contributed by atoms with Gasteiger partial charge < -0.3 is 19.7 Å². The zero-order valence-electron chi connectivity index (χ0n) is 14.4. The van der Waals surface area contributed by atoms with Gasteiger partial charge in [-0.3, -0.25) is 0 Å². The number of aryl methyl sites for hydroxylation is 1. The summed E-state index contributed by atoms with van der Waals surface area (Å²) in [6, 6.07) is 10.9. The quantitative estimate of drug-likeness (QED) is 0.904. The number of likely N-dealkylation sites (tertiary alicyclic amines) is 1. The summed E-state index contributed by atoms with van der Waals surface area (Å²) in [5.74, 6) is 1.15. The first kappa shape index (κ1) is 17.0. The van der Waals surface area contributed by atoms with E-state index in [0.717, 1.165) is 12.1 Å². The number of nitrogens with zero attached hydrogens (tertiary/aromatic N) is 3. The van der Waals surface area contributed by atoms with Crippen LogP contribution >= 0.6 is 0 Å². The summed E-state index contributed by atoms with van der Waals surface area (Å²) in [5.41, 5.74) is 1.51. The molecule has 1 aliphatic rings. The molecule has 1 saturated heterocycles. The van der Waals surface area contributed by atoms with Gasteiger partial charge in [-0.05, 0) is 32.0 Å². The number of carbonyl (C=O) groups excluding carboxylic acids is 1. The molecule has 1 aromatic heterocycles. The molecule has 132 valence electrons. The van der Waals surface area contributed by atoms with Crippen LogP contribution in [-0.4, -0.2) is 46.9 Å². The van der Waals surface area contributed by atoms with E-state index in [0.29, 0.717) is 37.0 Å². The Bertz CT molecular complexity index is 721. The smallest absolute Gasteiger partial charge is 0.322 e. The van der Waals surface area contributed by atoms with E-state index in [1.54, 1.807) is 11.0 Å². The number of benzene rings is 1. The molecule has 2 amide bonds. The van der Waals surface area contributed by atoms with E-state index in [-0.39, 0.29) is 12.1 Å². The molecular weight excluding hydrogens is 320 g/mol. The number of amides is 2. The van der Waals surface area contributed by atoms with E-state index in [9.17, 15) is 4.79 Å². The molecule has 0 bridgehead atoms. The molecule has 0 spiro atoms. The second-order valence-electron chi connectivity index (χ2n) is 5.85. The molecule has 7 heteroatoms. The van der Waals surface area contributed by atoms with Crippen molar-refractivity contribution in [3.63, 3.8) is 0 Å². The fourth-order valence-corrected chi connectivity index (χ4v) is 2.67. The minimum absolute atomic E-state index is 0.0788. The summed E-state index contributed by atoms with van der Waals surface area (Å²) in [5, 5.41) is 10.9. The van der Waals surface area contributed by atoms with Crippen LogP contribution in [0.25, 0.3) is 0 Å². The topological polar surface area (TPSA) is 76.6 Å². The van der Waals surface area contributed by atoms with Gasteiger partial charge in [-0.1, -0.05) is 12.1 Å². The Kier molecular flexibility index (Phi) is 5.33. The van der Waals surface area contributed by atoms with Crippen molar-refractivity contribution in [2.45, 2.75) is 26.4 Å². The Balaban J connectivity index is 1.56. The number of nitrogens with one attached hydrogen (secondary N) is 1. The standard InChI is InChI=1S/C18H22N4O3/c1-3-24-16-7-5-4-6-15(16)19-18(23)22-11-10-14(12-22)25-17-9-8-13(2)20-21-17/h4-9,14H,3,10-12H2,1-2H3,(H,19,23). The predicted molar refractivity (Wildman–Crippen MR) is 94.0 cm³/mol. The highest BCUT2D eigenvalue weighted by atomic mass is 16.5. The third-order valence-corrected chi connectivity index (χ3v) is 3.92. The average Bonchev–Trinajstić information content (AvgIpc) is 3.08. The Labute approximate surface area is 147 Å². The van der Waals surface area contributed by atoms with Crippen molar-refractivity contribution in [1.82, 2.24) is 15.1 Å².